The van der Waals surface area contributed by atoms with E-state index in [0.29, 0.717) is 30.0 Å². The number of rotatable bonds is 5. The van der Waals surface area contributed by atoms with Crippen molar-refractivity contribution in [1.29, 1.82) is 0 Å². The van der Waals surface area contributed by atoms with Crippen molar-refractivity contribution in [2.75, 3.05) is 28.6 Å². The number of amides is 2. The van der Waals surface area contributed by atoms with E-state index in [2.05, 4.69) is 20.8 Å². The molecule has 1 aliphatic rings. The number of hydrogen-bond donors (Lipinski definition) is 2. The first-order valence-electron chi connectivity index (χ1n) is 9.09. The number of hydrogen-bond acceptors (Lipinski definition) is 5. The number of halogens is 1. The first kappa shape index (κ1) is 18.5. The van der Waals surface area contributed by atoms with Crippen molar-refractivity contribution in [2.45, 2.75) is 0 Å². The highest BCUT2D eigenvalue weighted by molar-refractivity contribution is 6.04. The summed E-state index contributed by atoms with van der Waals surface area (Å²) in [6.45, 7) is 1.16. The molecular weight excluding hydrogens is 373 g/mol. The smallest absolute Gasteiger partial charge is 0.255 e. The van der Waals surface area contributed by atoms with Crippen molar-refractivity contribution < 1.29 is 14.0 Å². The van der Waals surface area contributed by atoms with Crippen LogP contribution in [0.15, 0.2) is 66.9 Å². The van der Waals surface area contributed by atoms with Gasteiger partial charge in [-0.2, -0.15) is 5.10 Å². The van der Waals surface area contributed by atoms with Crippen LogP contribution in [0.5, 0.6) is 0 Å². The molecule has 146 valence electrons. The highest BCUT2D eigenvalue weighted by atomic mass is 19.1. The van der Waals surface area contributed by atoms with Crippen LogP contribution in [0, 0.1) is 11.7 Å². The van der Waals surface area contributed by atoms with Crippen molar-refractivity contribution in [2.24, 2.45) is 5.92 Å². The van der Waals surface area contributed by atoms with Crippen LogP contribution in [0.3, 0.4) is 0 Å². The van der Waals surface area contributed by atoms with Gasteiger partial charge in [-0.15, -0.1) is 5.10 Å². The SMILES string of the molecule is O=C(Nc1cccc(F)c1)c1ccc(NC(=O)C2CN(c3cccnn3)C2)cc1. The van der Waals surface area contributed by atoms with Gasteiger partial charge in [0, 0.05) is 36.2 Å². The van der Waals surface area contributed by atoms with Crippen LogP contribution >= 0.6 is 0 Å². The van der Waals surface area contributed by atoms with Crippen molar-refractivity contribution in [3.05, 3.63) is 78.2 Å². The van der Waals surface area contributed by atoms with Crippen LogP contribution in [0.25, 0.3) is 0 Å². The first-order valence-corrected chi connectivity index (χ1v) is 9.09. The van der Waals surface area contributed by atoms with Gasteiger partial charge < -0.3 is 15.5 Å². The molecule has 2 aromatic carbocycles. The summed E-state index contributed by atoms with van der Waals surface area (Å²) in [5.41, 5.74) is 1.39. The van der Waals surface area contributed by atoms with Crippen LogP contribution in [0.4, 0.5) is 21.6 Å². The number of anilines is 3. The topological polar surface area (TPSA) is 87.2 Å². The summed E-state index contributed by atoms with van der Waals surface area (Å²) >= 11 is 0. The van der Waals surface area contributed by atoms with E-state index in [1.165, 1.54) is 18.2 Å². The van der Waals surface area contributed by atoms with Gasteiger partial charge in [0.05, 0.1) is 5.92 Å². The maximum Gasteiger partial charge on any atom is 0.255 e. The standard InChI is InChI=1S/C21H18FN5O2/c22-16-3-1-4-18(11-16)25-20(28)14-6-8-17(9-7-14)24-21(29)15-12-27(13-15)19-5-2-10-23-26-19/h1-11,15H,12-13H2,(H,24,29)(H,25,28). The van der Waals surface area contributed by atoms with Crippen molar-refractivity contribution in [1.82, 2.24) is 10.2 Å². The van der Waals surface area contributed by atoms with Gasteiger partial charge in [0.1, 0.15) is 5.82 Å². The Morgan fingerprint density at radius 3 is 2.45 bits per heavy atom. The lowest BCUT2D eigenvalue weighted by molar-refractivity contribution is -0.120. The van der Waals surface area contributed by atoms with E-state index in [-0.39, 0.29) is 17.7 Å². The number of benzene rings is 2. The largest absolute Gasteiger partial charge is 0.353 e. The Morgan fingerprint density at radius 1 is 0.966 bits per heavy atom. The number of nitrogens with zero attached hydrogens (tertiary/aromatic N) is 3. The van der Waals surface area contributed by atoms with E-state index in [1.807, 2.05) is 17.0 Å². The monoisotopic (exact) mass is 391 g/mol. The molecule has 1 aromatic heterocycles. The van der Waals surface area contributed by atoms with Crippen LogP contribution in [0.2, 0.25) is 0 Å². The Kier molecular flexibility index (Phi) is 5.15. The maximum absolute atomic E-state index is 13.2. The second-order valence-electron chi connectivity index (χ2n) is 6.71. The first-order chi connectivity index (χ1) is 14.1. The third kappa shape index (κ3) is 4.37. The Morgan fingerprint density at radius 2 is 1.76 bits per heavy atom. The van der Waals surface area contributed by atoms with E-state index < -0.39 is 5.82 Å². The average Bonchev–Trinajstić information content (AvgIpc) is 2.68. The van der Waals surface area contributed by atoms with Crippen molar-refractivity contribution in [3.8, 4) is 0 Å². The quantitative estimate of drug-likeness (QED) is 0.698. The second-order valence-corrected chi connectivity index (χ2v) is 6.71. The Hall–Kier alpha value is -3.81. The Labute approximate surface area is 166 Å². The predicted molar refractivity (Wildman–Crippen MR) is 107 cm³/mol. The molecule has 8 heteroatoms. The van der Waals surface area contributed by atoms with Crippen LogP contribution < -0.4 is 15.5 Å². The molecule has 2 N–H and O–H groups in total. The highest BCUT2D eigenvalue weighted by Gasteiger charge is 2.33. The number of carbonyl (C=O) groups is 2. The van der Waals surface area contributed by atoms with Gasteiger partial charge in [0.2, 0.25) is 5.91 Å². The summed E-state index contributed by atoms with van der Waals surface area (Å²) < 4.78 is 13.2. The molecule has 1 aliphatic heterocycles. The molecule has 1 saturated heterocycles. The minimum Gasteiger partial charge on any atom is -0.353 e. The van der Waals surface area contributed by atoms with Gasteiger partial charge in [-0.3, -0.25) is 9.59 Å². The van der Waals surface area contributed by atoms with E-state index in [9.17, 15) is 14.0 Å². The highest BCUT2D eigenvalue weighted by Crippen LogP contribution is 2.23. The number of carbonyl (C=O) groups excluding carboxylic acids is 2. The van der Waals surface area contributed by atoms with Crippen LogP contribution in [-0.4, -0.2) is 35.1 Å². The molecule has 2 heterocycles. The fourth-order valence-electron chi connectivity index (χ4n) is 3.01. The van der Waals surface area contributed by atoms with Gasteiger partial charge in [0.25, 0.3) is 5.91 Å². The van der Waals surface area contributed by atoms with E-state index in [0.717, 1.165) is 5.82 Å². The lowest BCUT2D eigenvalue weighted by Gasteiger charge is -2.38. The molecule has 4 rings (SSSR count). The molecule has 0 aliphatic carbocycles. The summed E-state index contributed by atoms with van der Waals surface area (Å²) in [5.74, 6) is -0.234. The lowest BCUT2D eigenvalue weighted by atomic mass is 9.99. The van der Waals surface area contributed by atoms with Gasteiger partial charge in [-0.25, -0.2) is 4.39 Å². The minimum absolute atomic E-state index is 0.0814. The lowest BCUT2D eigenvalue weighted by Crippen LogP contribution is -2.52. The maximum atomic E-state index is 13.2. The average molecular weight is 391 g/mol. The molecular formula is C21H18FN5O2. The summed E-state index contributed by atoms with van der Waals surface area (Å²) in [6, 6.07) is 15.9. The normalized spacial score (nSPS) is 13.5. The molecule has 1 fully saturated rings. The molecule has 0 atom stereocenters. The molecule has 0 unspecified atom stereocenters. The molecule has 0 radical (unpaired) electrons. The third-order valence-electron chi connectivity index (χ3n) is 4.63. The summed E-state index contributed by atoms with van der Waals surface area (Å²) in [5, 5.41) is 13.3. The fraction of sp³-hybridized carbons (Fsp3) is 0.143. The van der Waals surface area contributed by atoms with Crippen LogP contribution in [0.1, 0.15) is 10.4 Å². The number of nitrogens with one attached hydrogen (secondary N) is 2. The van der Waals surface area contributed by atoms with Crippen LogP contribution in [-0.2, 0) is 4.79 Å². The van der Waals surface area contributed by atoms with Gasteiger partial charge in [-0.1, -0.05) is 6.07 Å². The predicted octanol–water partition coefficient (Wildman–Crippen LogP) is 2.94. The van der Waals surface area contributed by atoms with Gasteiger partial charge >= 0.3 is 0 Å². The zero-order valence-electron chi connectivity index (χ0n) is 15.4. The Bertz CT molecular complexity index is 1020. The van der Waals surface area contributed by atoms with E-state index in [1.54, 1.807) is 36.5 Å². The Balaban J connectivity index is 1.30. The van der Waals surface area contributed by atoms with Gasteiger partial charge in [0.15, 0.2) is 5.82 Å². The fourth-order valence-corrected chi connectivity index (χ4v) is 3.01. The molecule has 0 saturated carbocycles. The van der Waals surface area contributed by atoms with E-state index >= 15 is 0 Å². The molecule has 3 aromatic rings. The zero-order valence-corrected chi connectivity index (χ0v) is 15.4. The van der Waals surface area contributed by atoms with Crippen molar-refractivity contribution in [3.63, 3.8) is 0 Å². The molecule has 2 amide bonds. The summed E-state index contributed by atoms with van der Waals surface area (Å²) in [7, 11) is 0. The van der Waals surface area contributed by atoms with E-state index in [4.69, 9.17) is 0 Å². The van der Waals surface area contributed by atoms with Gasteiger partial charge in [-0.05, 0) is 54.6 Å². The molecule has 29 heavy (non-hydrogen) atoms. The third-order valence-corrected chi connectivity index (χ3v) is 4.63. The zero-order chi connectivity index (χ0) is 20.2. The molecule has 0 spiro atoms. The summed E-state index contributed by atoms with van der Waals surface area (Å²) in [6.07, 6.45) is 1.61. The number of aromatic nitrogens is 2. The molecule has 0 bridgehead atoms. The summed E-state index contributed by atoms with van der Waals surface area (Å²) in [4.78, 5) is 26.6. The van der Waals surface area contributed by atoms with Crippen molar-refractivity contribution >= 4 is 29.0 Å². The second kappa shape index (κ2) is 8.05. The minimum atomic E-state index is -0.422. The molecule has 7 nitrogen and oxygen atoms in total.